The van der Waals surface area contributed by atoms with Crippen LogP contribution in [0.2, 0.25) is 10.0 Å². The van der Waals surface area contributed by atoms with E-state index in [1.807, 2.05) is 24.3 Å². The first-order valence-electron chi connectivity index (χ1n) is 6.63. The number of nitrogen functional groups attached to an aromatic ring is 1. The van der Waals surface area contributed by atoms with Crippen molar-refractivity contribution < 1.29 is 8.42 Å². The van der Waals surface area contributed by atoms with Gasteiger partial charge in [0.2, 0.25) is 0 Å². The van der Waals surface area contributed by atoms with E-state index < -0.39 is 10.0 Å². The van der Waals surface area contributed by atoms with Gasteiger partial charge in [-0.1, -0.05) is 53.5 Å². The average molecular weight is 367 g/mol. The molecular weight excluding hydrogens is 355 g/mol. The quantitative estimate of drug-likeness (QED) is 0.668. The molecule has 7 heteroatoms. The van der Waals surface area contributed by atoms with E-state index in [2.05, 4.69) is 4.72 Å². The molecule has 0 saturated heterocycles. The summed E-state index contributed by atoms with van der Waals surface area (Å²) in [6, 6.07) is 15.0. The van der Waals surface area contributed by atoms with E-state index in [1.54, 1.807) is 12.1 Å². The minimum Gasteiger partial charge on any atom is -0.397 e. The molecule has 3 aromatic carbocycles. The Labute approximate surface area is 143 Å². The summed E-state index contributed by atoms with van der Waals surface area (Å²) in [7, 11) is -3.87. The number of fused-ring (bicyclic) bond motifs is 1. The summed E-state index contributed by atoms with van der Waals surface area (Å²) >= 11 is 11.8. The van der Waals surface area contributed by atoms with Crippen molar-refractivity contribution in [3.63, 3.8) is 0 Å². The fourth-order valence-electron chi connectivity index (χ4n) is 2.28. The molecule has 0 aliphatic rings. The predicted molar refractivity (Wildman–Crippen MR) is 95.6 cm³/mol. The van der Waals surface area contributed by atoms with Crippen LogP contribution in [0.25, 0.3) is 10.8 Å². The lowest BCUT2D eigenvalue weighted by atomic mass is 10.1. The Morgan fingerprint density at radius 2 is 1.57 bits per heavy atom. The van der Waals surface area contributed by atoms with Gasteiger partial charge in [0.05, 0.1) is 16.3 Å². The van der Waals surface area contributed by atoms with E-state index in [4.69, 9.17) is 28.9 Å². The second-order valence-electron chi connectivity index (χ2n) is 4.96. The van der Waals surface area contributed by atoms with Gasteiger partial charge in [0.1, 0.15) is 0 Å². The SMILES string of the molecule is Nc1ccc2ccccc2c1NS(=O)(=O)c1cc(Cl)cc(Cl)c1. The highest BCUT2D eigenvalue weighted by molar-refractivity contribution is 7.92. The first-order valence-corrected chi connectivity index (χ1v) is 8.87. The fourth-order valence-corrected chi connectivity index (χ4v) is 4.11. The molecule has 0 radical (unpaired) electrons. The van der Waals surface area contributed by atoms with Gasteiger partial charge in [0.25, 0.3) is 10.0 Å². The van der Waals surface area contributed by atoms with Crippen LogP contribution >= 0.6 is 23.2 Å². The fraction of sp³-hybridized carbons (Fsp3) is 0. The van der Waals surface area contributed by atoms with Gasteiger partial charge in [-0.05, 0) is 29.7 Å². The van der Waals surface area contributed by atoms with Gasteiger partial charge in [0, 0.05) is 15.4 Å². The molecular formula is C16H12Cl2N2O2S. The molecule has 0 bridgehead atoms. The van der Waals surface area contributed by atoms with E-state index in [0.29, 0.717) is 16.8 Å². The molecule has 0 atom stereocenters. The predicted octanol–water partition coefficient (Wildman–Crippen LogP) is 4.53. The lowest BCUT2D eigenvalue weighted by Gasteiger charge is -2.13. The second kappa shape index (κ2) is 5.92. The zero-order valence-corrected chi connectivity index (χ0v) is 14.1. The largest absolute Gasteiger partial charge is 0.397 e. The number of hydrogen-bond acceptors (Lipinski definition) is 3. The van der Waals surface area contributed by atoms with E-state index >= 15 is 0 Å². The van der Waals surface area contributed by atoms with Crippen molar-refractivity contribution in [3.8, 4) is 0 Å². The van der Waals surface area contributed by atoms with Crippen LogP contribution in [0.15, 0.2) is 59.5 Å². The molecule has 0 amide bonds. The maximum Gasteiger partial charge on any atom is 0.262 e. The van der Waals surface area contributed by atoms with Crippen molar-refractivity contribution >= 4 is 55.4 Å². The lowest BCUT2D eigenvalue weighted by Crippen LogP contribution is -2.14. The lowest BCUT2D eigenvalue weighted by molar-refractivity contribution is 0.601. The maximum absolute atomic E-state index is 12.6. The number of nitrogens with one attached hydrogen (secondary N) is 1. The standard InChI is InChI=1S/C16H12Cl2N2O2S/c17-11-7-12(18)9-13(8-11)23(21,22)20-16-14-4-2-1-3-10(14)5-6-15(16)19/h1-9,20H,19H2. The maximum atomic E-state index is 12.6. The van der Waals surface area contributed by atoms with Crippen LogP contribution < -0.4 is 10.5 Å². The van der Waals surface area contributed by atoms with Crippen molar-refractivity contribution in [1.82, 2.24) is 0 Å². The molecule has 0 spiro atoms. The summed E-state index contributed by atoms with van der Waals surface area (Å²) < 4.78 is 27.8. The molecule has 23 heavy (non-hydrogen) atoms. The van der Waals surface area contributed by atoms with Gasteiger partial charge in [-0.2, -0.15) is 0 Å². The second-order valence-corrected chi connectivity index (χ2v) is 7.52. The van der Waals surface area contributed by atoms with E-state index in [0.717, 1.165) is 5.39 Å². The summed E-state index contributed by atoms with van der Waals surface area (Å²) in [6.45, 7) is 0. The number of hydrogen-bond donors (Lipinski definition) is 2. The van der Waals surface area contributed by atoms with Crippen LogP contribution in [-0.2, 0) is 10.0 Å². The molecule has 3 rings (SSSR count). The topological polar surface area (TPSA) is 72.2 Å². The molecule has 3 aromatic rings. The van der Waals surface area contributed by atoms with Gasteiger partial charge in [-0.25, -0.2) is 8.42 Å². The van der Waals surface area contributed by atoms with Crippen LogP contribution in [0.5, 0.6) is 0 Å². The number of anilines is 2. The van der Waals surface area contributed by atoms with Crippen molar-refractivity contribution in [1.29, 1.82) is 0 Å². The summed E-state index contributed by atoms with van der Waals surface area (Å²) in [5.41, 5.74) is 6.62. The number of rotatable bonds is 3. The molecule has 4 nitrogen and oxygen atoms in total. The highest BCUT2D eigenvalue weighted by Gasteiger charge is 2.18. The van der Waals surface area contributed by atoms with E-state index in [1.165, 1.54) is 18.2 Å². The van der Waals surface area contributed by atoms with Crippen molar-refractivity contribution in [2.45, 2.75) is 4.90 Å². The zero-order chi connectivity index (χ0) is 16.6. The molecule has 0 aliphatic carbocycles. The molecule has 3 N–H and O–H groups in total. The van der Waals surface area contributed by atoms with Crippen molar-refractivity contribution in [3.05, 3.63) is 64.6 Å². The Bertz CT molecular complexity index is 984. The third kappa shape index (κ3) is 3.22. The molecule has 0 unspecified atom stereocenters. The Morgan fingerprint density at radius 1 is 0.913 bits per heavy atom. The molecule has 118 valence electrons. The Kier molecular flexibility index (Phi) is 4.10. The van der Waals surface area contributed by atoms with Gasteiger partial charge in [-0.3, -0.25) is 4.72 Å². The van der Waals surface area contributed by atoms with Crippen LogP contribution in [0.3, 0.4) is 0 Å². The highest BCUT2D eigenvalue weighted by Crippen LogP contribution is 2.32. The summed E-state index contributed by atoms with van der Waals surface area (Å²) in [4.78, 5) is -0.0256. The summed E-state index contributed by atoms with van der Waals surface area (Å²) in [6.07, 6.45) is 0. The number of sulfonamides is 1. The van der Waals surface area contributed by atoms with E-state index in [9.17, 15) is 8.42 Å². The first-order chi connectivity index (χ1) is 10.9. The highest BCUT2D eigenvalue weighted by atomic mass is 35.5. The zero-order valence-electron chi connectivity index (χ0n) is 11.8. The summed E-state index contributed by atoms with van der Waals surface area (Å²) in [5.74, 6) is 0. The minimum absolute atomic E-state index is 0.0256. The molecule has 0 aliphatic heterocycles. The smallest absolute Gasteiger partial charge is 0.262 e. The third-order valence-corrected chi connectivity index (χ3v) is 5.11. The van der Waals surface area contributed by atoms with Gasteiger partial charge >= 0.3 is 0 Å². The Hall–Kier alpha value is -1.95. The Balaban J connectivity index is 2.12. The number of halogens is 2. The van der Waals surface area contributed by atoms with Gasteiger partial charge in [-0.15, -0.1) is 0 Å². The molecule has 0 saturated carbocycles. The first kappa shape index (κ1) is 15.9. The molecule has 0 heterocycles. The Morgan fingerprint density at radius 3 is 2.26 bits per heavy atom. The van der Waals surface area contributed by atoms with E-state index in [-0.39, 0.29) is 14.9 Å². The van der Waals surface area contributed by atoms with Crippen LogP contribution in [0.4, 0.5) is 11.4 Å². The monoisotopic (exact) mass is 366 g/mol. The number of nitrogens with two attached hydrogens (primary N) is 1. The van der Waals surface area contributed by atoms with Crippen molar-refractivity contribution in [2.75, 3.05) is 10.5 Å². The number of benzene rings is 3. The third-order valence-electron chi connectivity index (χ3n) is 3.34. The normalized spacial score (nSPS) is 11.6. The van der Waals surface area contributed by atoms with Crippen LogP contribution in [-0.4, -0.2) is 8.42 Å². The summed E-state index contributed by atoms with van der Waals surface area (Å²) in [5, 5.41) is 2.07. The molecule has 0 fully saturated rings. The molecule has 0 aromatic heterocycles. The van der Waals surface area contributed by atoms with Gasteiger partial charge in [0.15, 0.2) is 0 Å². The van der Waals surface area contributed by atoms with Crippen molar-refractivity contribution in [2.24, 2.45) is 0 Å². The van der Waals surface area contributed by atoms with Crippen LogP contribution in [0.1, 0.15) is 0 Å². The minimum atomic E-state index is -3.87. The van der Waals surface area contributed by atoms with Gasteiger partial charge < -0.3 is 5.73 Å². The average Bonchev–Trinajstić information content (AvgIpc) is 2.49. The van der Waals surface area contributed by atoms with Crippen LogP contribution in [0, 0.1) is 0 Å².